The summed E-state index contributed by atoms with van der Waals surface area (Å²) >= 11 is 0. The monoisotopic (exact) mass is 352 g/mol. The SMILES string of the molecule is CCc1ccc(C=C2Oc3cc(OC(C)C(=O)OC)ccc3C2=O)cc1. The first-order chi connectivity index (χ1) is 12.5. The van der Waals surface area contributed by atoms with E-state index in [4.69, 9.17) is 9.47 Å². The van der Waals surface area contributed by atoms with Gasteiger partial charge < -0.3 is 14.2 Å². The van der Waals surface area contributed by atoms with E-state index in [9.17, 15) is 9.59 Å². The number of esters is 1. The molecule has 5 heteroatoms. The van der Waals surface area contributed by atoms with E-state index in [-0.39, 0.29) is 11.5 Å². The van der Waals surface area contributed by atoms with E-state index >= 15 is 0 Å². The van der Waals surface area contributed by atoms with E-state index in [2.05, 4.69) is 11.7 Å². The smallest absolute Gasteiger partial charge is 0.346 e. The zero-order valence-corrected chi connectivity index (χ0v) is 14.9. The number of hydrogen-bond acceptors (Lipinski definition) is 5. The molecule has 2 aromatic carbocycles. The second-order valence-electron chi connectivity index (χ2n) is 5.98. The average molecular weight is 352 g/mol. The van der Waals surface area contributed by atoms with Gasteiger partial charge in [-0.05, 0) is 42.7 Å². The maximum Gasteiger partial charge on any atom is 0.346 e. The lowest BCUT2D eigenvalue weighted by Gasteiger charge is -2.12. The van der Waals surface area contributed by atoms with Gasteiger partial charge >= 0.3 is 5.97 Å². The Balaban J connectivity index is 1.79. The standard InChI is InChI=1S/C21H20O5/c1-4-14-5-7-15(8-6-14)11-19-20(22)17-10-9-16(12-18(17)26-19)25-13(2)21(23)24-3/h5-13H,4H2,1-3H3. The Morgan fingerprint density at radius 1 is 1.19 bits per heavy atom. The van der Waals surface area contributed by atoms with Crippen LogP contribution in [0.3, 0.4) is 0 Å². The number of carbonyl (C=O) groups excluding carboxylic acids is 2. The summed E-state index contributed by atoms with van der Waals surface area (Å²) in [7, 11) is 1.30. The van der Waals surface area contributed by atoms with Crippen LogP contribution in [-0.2, 0) is 16.0 Å². The van der Waals surface area contributed by atoms with Crippen LogP contribution in [0.2, 0.25) is 0 Å². The van der Waals surface area contributed by atoms with Crippen molar-refractivity contribution >= 4 is 17.8 Å². The van der Waals surface area contributed by atoms with E-state index < -0.39 is 12.1 Å². The van der Waals surface area contributed by atoms with Crippen molar-refractivity contribution in [2.24, 2.45) is 0 Å². The second kappa shape index (κ2) is 7.44. The molecule has 134 valence electrons. The Hall–Kier alpha value is -3.08. The first kappa shape index (κ1) is 17.7. The van der Waals surface area contributed by atoms with Crippen molar-refractivity contribution < 1.29 is 23.8 Å². The number of carbonyl (C=O) groups is 2. The number of benzene rings is 2. The summed E-state index contributed by atoms with van der Waals surface area (Å²) in [5.74, 6) is 0.470. The molecule has 0 spiro atoms. The molecule has 0 radical (unpaired) electrons. The van der Waals surface area contributed by atoms with E-state index in [1.54, 1.807) is 31.2 Å². The number of Topliss-reactive ketones (excluding diaryl/α,β-unsaturated/α-hetero) is 1. The lowest BCUT2D eigenvalue weighted by molar-refractivity contribution is -0.147. The summed E-state index contributed by atoms with van der Waals surface area (Å²) in [6.45, 7) is 3.69. The molecule has 1 aliphatic heterocycles. The number of hydrogen-bond donors (Lipinski definition) is 0. The van der Waals surface area contributed by atoms with Crippen LogP contribution in [-0.4, -0.2) is 25.0 Å². The molecule has 0 saturated carbocycles. The molecule has 1 heterocycles. The van der Waals surface area contributed by atoms with E-state index in [0.717, 1.165) is 12.0 Å². The van der Waals surface area contributed by atoms with Gasteiger partial charge in [0.15, 0.2) is 11.9 Å². The van der Waals surface area contributed by atoms with Gasteiger partial charge in [0, 0.05) is 6.07 Å². The van der Waals surface area contributed by atoms with Crippen molar-refractivity contribution in [1.29, 1.82) is 0 Å². The molecule has 0 N–H and O–H groups in total. The van der Waals surface area contributed by atoms with Crippen molar-refractivity contribution in [2.45, 2.75) is 26.4 Å². The highest BCUT2D eigenvalue weighted by molar-refractivity contribution is 6.14. The van der Waals surface area contributed by atoms with E-state index in [1.165, 1.54) is 12.7 Å². The highest BCUT2D eigenvalue weighted by atomic mass is 16.6. The topological polar surface area (TPSA) is 61.8 Å². The Morgan fingerprint density at radius 2 is 1.92 bits per heavy atom. The van der Waals surface area contributed by atoms with Crippen molar-refractivity contribution in [3.8, 4) is 11.5 Å². The predicted molar refractivity (Wildman–Crippen MR) is 97.3 cm³/mol. The predicted octanol–water partition coefficient (Wildman–Crippen LogP) is 3.81. The maximum atomic E-state index is 12.5. The number of methoxy groups -OCH3 is 1. The first-order valence-electron chi connectivity index (χ1n) is 8.43. The Kier molecular flexibility index (Phi) is 5.07. The van der Waals surface area contributed by atoms with Crippen molar-refractivity contribution in [3.05, 3.63) is 64.9 Å². The largest absolute Gasteiger partial charge is 0.479 e. The zero-order valence-electron chi connectivity index (χ0n) is 14.9. The number of ketones is 1. The molecule has 0 aromatic heterocycles. The molecule has 5 nitrogen and oxygen atoms in total. The fourth-order valence-corrected chi connectivity index (χ4v) is 2.66. The molecule has 1 aliphatic rings. The molecule has 0 aliphatic carbocycles. The minimum absolute atomic E-state index is 0.174. The fourth-order valence-electron chi connectivity index (χ4n) is 2.66. The van der Waals surface area contributed by atoms with Gasteiger partial charge in [-0.3, -0.25) is 4.79 Å². The van der Waals surface area contributed by atoms with Gasteiger partial charge in [0.05, 0.1) is 12.7 Å². The van der Waals surface area contributed by atoms with Gasteiger partial charge in [-0.15, -0.1) is 0 Å². The van der Waals surface area contributed by atoms with Crippen LogP contribution in [0.25, 0.3) is 6.08 Å². The average Bonchev–Trinajstić information content (AvgIpc) is 2.96. The highest BCUT2D eigenvalue weighted by Crippen LogP contribution is 2.35. The molecule has 0 fully saturated rings. The van der Waals surface area contributed by atoms with Crippen LogP contribution < -0.4 is 9.47 Å². The normalized spacial score (nSPS) is 15.3. The molecule has 26 heavy (non-hydrogen) atoms. The molecular formula is C21H20O5. The third kappa shape index (κ3) is 3.61. The summed E-state index contributed by atoms with van der Waals surface area (Å²) in [4.78, 5) is 24.0. The van der Waals surface area contributed by atoms with Gasteiger partial charge in [0.2, 0.25) is 5.78 Å². The molecule has 0 bridgehead atoms. The van der Waals surface area contributed by atoms with Gasteiger partial charge in [-0.1, -0.05) is 31.2 Å². The maximum absolute atomic E-state index is 12.5. The molecule has 0 saturated heterocycles. The Morgan fingerprint density at radius 3 is 2.58 bits per heavy atom. The Labute approximate surface area is 152 Å². The highest BCUT2D eigenvalue weighted by Gasteiger charge is 2.28. The van der Waals surface area contributed by atoms with Crippen LogP contribution in [0.15, 0.2) is 48.2 Å². The number of allylic oxidation sites excluding steroid dienone is 1. The minimum atomic E-state index is -0.748. The Bertz CT molecular complexity index is 864. The minimum Gasteiger partial charge on any atom is -0.479 e. The molecule has 3 rings (SSSR count). The summed E-state index contributed by atoms with van der Waals surface area (Å²) in [5.41, 5.74) is 2.60. The van der Waals surface area contributed by atoms with Crippen molar-refractivity contribution in [2.75, 3.05) is 7.11 Å². The van der Waals surface area contributed by atoms with Gasteiger partial charge in [0.25, 0.3) is 0 Å². The molecule has 1 atom stereocenters. The lowest BCUT2D eigenvalue weighted by atomic mass is 10.1. The van der Waals surface area contributed by atoms with Crippen LogP contribution in [0.5, 0.6) is 11.5 Å². The zero-order chi connectivity index (χ0) is 18.7. The molecule has 2 aromatic rings. The fraction of sp³-hybridized carbons (Fsp3) is 0.238. The van der Waals surface area contributed by atoms with Crippen LogP contribution in [0.4, 0.5) is 0 Å². The van der Waals surface area contributed by atoms with Crippen molar-refractivity contribution in [1.82, 2.24) is 0 Å². The summed E-state index contributed by atoms with van der Waals surface area (Å²) in [5, 5.41) is 0. The number of ether oxygens (including phenoxy) is 3. The molecule has 0 amide bonds. The quantitative estimate of drug-likeness (QED) is 0.605. The number of fused-ring (bicyclic) bond motifs is 1. The number of rotatable bonds is 5. The molecular weight excluding hydrogens is 332 g/mol. The van der Waals surface area contributed by atoms with Gasteiger partial charge in [-0.25, -0.2) is 4.79 Å². The third-order valence-corrected chi connectivity index (χ3v) is 4.17. The van der Waals surface area contributed by atoms with E-state index in [1.807, 2.05) is 24.3 Å². The molecule has 1 unspecified atom stereocenters. The van der Waals surface area contributed by atoms with Gasteiger partial charge in [0.1, 0.15) is 11.5 Å². The van der Waals surface area contributed by atoms with Crippen LogP contribution in [0.1, 0.15) is 35.3 Å². The number of aryl methyl sites for hydroxylation is 1. The summed E-state index contributed by atoms with van der Waals surface area (Å²) < 4.78 is 15.9. The lowest BCUT2D eigenvalue weighted by Crippen LogP contribution is -2.24. The summed E-state index contributed by atoms with van der Waals surface area (Å²) in [6.07, 6.45) is 1.94. The summed E-state index contributed by atoms with van der Waals surface area (Å²) in [6, 6.07) is 12.8. The van der Waals surface area contributed by atoms with Crippen LogP contribution in [0, 0.1) is 0 Å². The van der Waals surface area contributed by atoms with Crippen LogP contribution >= 0.6 is 0 Å². The third-order valence-electron chi connectivity index (χ3n) is 4.17. The van der Waals surface area contributed by atoms with E-state index in [0.29, 0.717) is 17.1 Å². The van der Waals surface area contributed by atoms with Gasteiger partial charge in [-0.2, -0.15) is 0 Å². The van der Waals surface area contributed by atoms with Crippen molar-refractivity contribution in [3.63, 3.8) is 0 Å². The second-order valence-corrected chi connectivity index (χ2v) is 5.98. The first-order valence-corrected chi connectivity index (χ1v) is 8.43.